The van der Waals surface area contributed by atoms with E-state index in [2.05, 4.69) is 15.6 Å². The second-order valence-electron chi connectivity index (χ2n) is 5.60. The summed E-state index contributed by atoms with van der Waals surface area (Å²) in [6, 6.07) is 3.47. The molecule has 0 spiro atoms. The van der Waals surface area contributed by atoms with Gasteiger partial charge in [-0.1, -0.05) is 0 Å². The maximum Gasteiger partial charge on any atom is 0.407 e. The third-order valence-electron chi connectivity index (χ3n) is 2.59. The molecule has 116 valence electrons. The lowest BCUT2D eigenvalue weighted by atomic mass is 10.1. The first kappa shape index (κ1) is 16.9. The molecule has 0 saturated carbocycles. The molecule has 21 heavy (non-hydrogen) atoms. The molecule has 0 bridgehead atoms. The Kier molecular flexibility index (Phi) is 6.14. The van der Waals surface area contributed by atoms with Gasteiger partial charge in [0.2, 0.25) is 0 Å². The Balaban J connectivity index is 2.36. The zero-order valence-corrected chi connectivity index (χ0v) is 13.0. The summed E-state index contributed by atoms with van der Waals surface area (Å²) in [5, 5.41) is 5.52. The SMILES string of the molecule is CNc1ncccc1C(=O)CCCNC(=O)OC(C)(C)C. The minimum atomic E-state index is -0.517. The highest BCUT2D eigenvalue weighted by Crippen LogP contribution is 2.13. The van der Waals surface area contributed by atoms with Crippen LogP contribution in [0, 0.1) is 0 Å². The molecule has 0 atom stereocenters. The van der Waals surface area contributed by atoms with Crippen molar-refractivity contribution in [1.82, 2.24) is 10.3 Å². The maximum atomic E-state index is 12.1. The van der Waals surface area contributed by atoms with Crippen LogP contribution in [0.15, 0.2) is 18.3 Å². The van der Waals surface area contributed by atoms with E-state index >= 15 is 0 Å². The van der Waals surface area contributed by atoms with Crippen LogP contribution in [0.5, 0.6) is 0 Å². The number of carbonyl (C=O) groups excluding carboxylic acids is 2. The summed E-state index contributed by atoms with van der Waals surface area (Å²) in [7, 11) is 1.73. The first-order chi connectivity index (χ1) is 9.83. The monoisotopic (exact) mass is 293 g/mol. The quantitative estimate of drug-likeness (QED) is 0.622. The number of carbonyl (C=O) groups is 2. The van der Waals surface area contributed by atoms with E-state index in [0.29, 0.717) is 30.8 Å². The number of rotatable bonds is 6. The van der Waals surface area contributed by atoms with Gasteiger partial charge in [0, 0.05) is 26.2 Å². The number of ketones is 1. The van der Waals surface area contributed by atoms with Crippen molar-refractivity contribution >= 4 is 17.7 Å². The summed E-state index contributed by atoms with van der Waals surface area (Å²) in [5.74, 6) is 0.570. The van der Waals surface area contributed by atoms with E-state index in [1.807, 2.05) is 0 Å². The van der Waals surface area contributed by atoms with Crippen LogP contribution in [0.25, 0.3) is 0 Å². The smallest absolute Gasteiger partial charge is 0.407 e. The number of nitrogens with zero attached hydrogens (tertiary/aromatic N) is 1. The number of Topliss-reactive ketones (excluding diaryl/α,β-unsaturated/α-hetero) is 1. The summed E-state index contributed by atoms with van der Waals surface area (Å²) in [5.41, 5.74) is 0.0504. The summed E-state index contributed by atoms with van der Waals surface area (Å²) in [4.78, 5) is 27.6. The maximum absolute atomic E-state index is 12.1. The Labute approximate surface area is 125 Å². The number of ether oxygens (including phenoxy) is 1. The van der Waals surface area contributed by atoms with Crippen molar-refractivity contribution in [2.24, 2.45) is 0 Å². The number of hydrogen-bond acceptors (Lipinski definition) is 5. The van der Waals surface area contributed by atoms with Crippen molar-refractivity contribution < 1.29 is 14.3 Å². The second-order valence-corrected chi connectivity index (χ2v) is 5.60. The van der Waals surface area contributed by atoms with E-state index in [4.69, 9.17) is 4.74 Å². The van der Waals surface area contributed by atoms with Gasteiger partial charge in [-0.05, 0) is 39.3 Å². The molecule has 0 radical (unpaired) electrons. The zero-order chi connectivity index (χ0) is 15.9. The van der Waals surface area contributed by atoms with Crippen LogP contribution in [-0.4, -0.2) is 36.1 Å². The molecule has 0 fully saturated rings. The number of alkyl carbamates (subject to hydrolysis) is 1. The molecule has 0 aromatic carbocycles. The molecule has 0 saturated heterocycles. The van der Waals surface area contributed by atoms with Gasteiger partial charge >= 0.3 is 6.09 Å². The van der Waals surface area contributed by atoms with Crippen molar-refractivity contribution in [1.29, 1.82) is 0 Å². The number of pyridine rings is 1. The lowest BCUT2D eigenvalue weighted by Crippen LogP contribution is -2.33. The molecule has 0 aliphatic rings. The molecule has 1 aromatic rings. The van der Waals surface area contributed by atoms with Crippen molar-refractivity contribution in [3.63, 3.8) is 0 Å². The van der Waals surface area contributed by atoms with E-state index < -0.39 is 11.7 Å². The number of anilines is 1. The summed E-state index contributed by atoms with van der Waals surface area (Å²) in [6.07, 6.45) is 2.06. The van der Waals surface area contributed by atoms with Crippen LogP contribution < -0.4 is 10.6 Å². The van der Waals surface area contributed by atoms with Crippen LogP contribution in [-0.2, 0) is 4.74 Å². The Bertz CT molecular complexity index is 495. The average molecular weight is 293 g/mol. The highest BCUT2D eigenvalue weighted by Gasteiger charge is 2.16. The third-order valence-corrected chi connectivity index (χ3v) is 2.59. The van der Waals surface area contributed by atoms with Crippen LogP contribution >= 0.6 is 0 Å². The lowest BCUT2D eigenvalue weighted by Gasteiger charge is -2.19. The van der Waals surface area contributed by atoms with Crippen molar-refractivity contribution in [3.8, 4) is 0 Å². The van der Waals surface area contributed by atoms with Gasteiger partial charge in [-0.15, -0.1) is 0 Å². The summed E-state index contributed by atoms with van der Waals surface area (Å²) < 4.78 is 5.11. The molecule has 6 nitrogen and oxygen atoms in total. The standard InChI is InChI=1S/C15H23N3O3/c1-15(2,3)21-14(20)18-10-6-8-12(19)11-7-5-9-17-13(11)16-4/h5,7,9H,6,8,10H2,1-4H3,(H,16,17)(H,18,20). The fourth-order valence-electron chi connectivity index (χ4n) is 1.72. The molecule has 1 heterocycles. The van der Waals surface area contributed by atoms with Gasteiger partial charge < -0.3 is 15.4 Å². The van der Waals surface area contributed by atoms with Gasteiger partial charge in [0.1, 0.15) is 11.4 Å². The molecule has 0 aliphatic carbocycles. The molecule has 2 N–H and O–H groups in total. The summed E-state index contributed by atoms with van der Waals surface area (Å²) >= 11 is 0. The molecule has 1 rings (SSSR count). The van der Waals surface area contributed by atoms with Gasteiger partial charge in [-0.2, -0.15) is 0 Å². The highest BCUT2D eigenvalue weighted by atomic mass is 16.6. The summed E-state index contributed by atoms with van der Waals surface area (Å²) in [6.45, 7) is 5.81. The van der Waals surface area contributed by atoms with Crippen molar-refractivity contribution in [3.05, 3.63) is 23.9 Å². The van der Waals surface area contributed by atoms with Gasteiger partial charge in [0.15, 0.2) is 5.78 Å². The van der Waals surface area contributed by atoms with Crippen molar-refractivity contribution in [2.75, 3.05) is 18.9 Å². The van der Waals surface area contributed by atoms with Gasteiger partial charge in [-0.25, -0.2) is 9.78 Å². The molecular formula is C15H23N3O3. The molecular weight excluding hydrogens is 270 g/mol. The lowest BCUT2D eigenvalue weighted by molar-refractivity contribution is 0.0525. The Morgan fingerprint density at radius 2 is 2.05 bits per heavy atom. The molecule has 0 unspecified atom stereocenters. The fourth-order valence-corrected chi connectivity index (χ4v) is 1.72. The van der Waals surface area contributed by atoms with E-state index in [0.717, 1.165) is 0 Å². The topological polar surface area (TPSA) is 80.3 Å². The molecule has 1 amide bonds. The number of nitrogens with one attached hydrogen (secondary N) is 2. The average Bonchev–Trinajstić information content (AvgIpc) is 2.41. The van der Waals surface area contributed by atoms with E-state index in [9.17, 15) is 9.59 Å². The molecule has 0 aliphatic heterocycles. The highest BCUT2D eigenvalue weighted by molar-refractivity contribution is 6.00. The predicted molar refractivity (Wildman–Crippen MR) is 81.6 cm³/mol. The molecule has 1 aromatic heterocycles. The van der Waals surface area contributed by atoms with E-state index in [1.54, 1.807) is 46.1 Å². The van der Waals surface area contributed by atoms with Crippen molar-refractivity contribution in [2.45, 2.75) is 39.2 Å². The minimum Gasteiger partial charge on any atom is -0.444 e. The van der Waals surface area contributed by atoms with Crippen LogP contribution in [0.2, 0.25) is 0 Å². The first-order valence-electron chi connectivity index (χ1n) is 6.96. The second kappa shape index (κ2) is 7.61. The van der Waals surface area contributed by atoms with Gasteiger partial charge in [0.25, 0.3) is 0 Å². The third kappa shape index (κ3) is 6.25. The number of aromatic nitrogens is 1. The Morgan fingerprint density at radius 1 is 1.33 bits per heavy atom. The number of hydrogen-bond donors (Lipinski definition) is 2. The zero-order valence-electron chi connectivity index (χ0n) is 13.0. The largest absolute Gasteiger partial charge is 0.444 e. The Hall–Kier alpha value is -2.11. The minimum absolute atomic E-state index is 0.00145. The van der Waals surface area contributed by atoms with Gasteiger partial charge in [0.05, 0.1) is 5.56 Å². The number of amides is 1. The van der Waals surface area contributed by atoms with E-state index in [1.165, 1.54) is 0 Å². The Morgan fingerprint density at radius 3 is 2.67 bits per heavy atom. The van der Waals surface area contributed by atoms with Crippen LogP contribution in [0.4, 0.5) is 10.6 Å². The molecule has 6 heteroatoms. The normalized spacial score (nSPS) is 10.9. The van der Waals surface area contributed by atoms with Gasteiger partial charge in [-0.3, -0.25) is 4.79 Å². The fraction of sp³-hybridized carbons (Fsp3) is 0.533. The van der Waals surface area contributed by atoms with E-state index in [-0.39, 0.29) is 5.78 Å². The predicted octanol–water partition coefficient (Wildman–Crippen LogP) is 2.61. The van der Waals surface area contributed by atoms with Crippen LogP contribution in [0.3, 0.4) is 0 Å². The van der Waals surface area contributed by atoms with Crippen LogP contribution in [0.1, 0.15) is 44.0 Å². The first-order valence-corrected chi connectivity index (χ1v) is 6.96.